The number of hydrogen-bond donors (Lipinski definition) is 0. The molecule has 1 unspecified atom stereocenters. The molecule has 1 radical (unpaired) electrons. The van der Waals surface area contributed by atoms with Crippen molar-refractivity contribution >= 4 is 6.09 Å². The Balaban J connectivity index is 2.39. The highest BCUT2D eigenvalue weighted by Gasteiger charge is 2.23. The molecule has 1 rings (SSSR count). The molecule has 0 N–H and O–H groups in total. The van der Waals surface area contributed by atoms with Crippen molar-refractivity contribution < 1.29 is 9.53 Å². The second-order valence-electron chi connectivity index (χ2n) is 2.65. The van der Waals surface area contributed by atoms with E-state index in [1.165, 1.54) is 7.11 Å². The SMILES string of the molecule is COC(=O)N(C)C1CC[N]C1. The van der Waals surface area contributed by atoms with Crippen LogP contribution in [0.15, 0.2) is 0 Å². The van der Waals surface area contributed by atoms with E-state index >= 15 is 0 Å². The zero-order valence-corrected chi connectivity index (χ0v) is 6.91. The fraction of sp³-hybridized carbons (Fsp3) is 0.857. The lowest BCUT2D eigenvalue weighted by Gasteiger charge is -2.21. The van der Waals surface area contributed by atoms with Crippen molar-refractivity contribution in [2.24, 2.45) is 0 Å². The van der Waals surface area contributed by atoms with Gasteiger partial charge in [-0.25, -0.2) is 10.1 Å². The molecule has 63 valence electrons. The summed E-state index contributed by atoms with van der Waals surface area (Å²) in [5.41, 5.74) is 0. The average molecular weight is 157 g/mol. The Hall–Kier alpha value is -0.770. The first-order valence-electron chi connectivity index (χ1n) is 3.69. The van der Waals surface area contributed by atoms with E-state index in [2.05, 4.69) is 10.1 Å². The van der Waals surface area contributed by atoms with Crippen molar-refractivity contribution in [2.75, 3.05) is 27.2 Å². The van der Waals surface area contributed by atoms with Gasteiger partial charge in [-0.3, -0.25) is 0 Å². The summed E-state index contributed by atoms with van der Waals surface area (Å²) in [5.74, 6) is 0. The van der Waals surface area contributed by atoms with Crippen molar-refractivity contribution in [1.29, 1.82) is 0 Å². The number of rotatable bonds is 1. The normalized spacial score (nSPS) is 23.3. The summed E-state index contributed by atoms with van der Waals surface area (Å²) >= 11 is 0. The molecule has 1 amide bonds. The van der Waals surface area contributed by atoms with Crippen molar-refractivity contribution in [3.05, 3.63) is 0 Å². The van der Waals surface area contributed by atoms with Crippen LogP contribution in [0.1, 0.15) is 6.42 Å². The standard InChI is InChI=1S/C7H13N2O2/c1-9(7(10)11-2)6-3-4-8-5-6/h6H,3-5H2,1-2H3. The summed E-state index contributed by atoms with van der Waals surface area (Å²) in [6.45, 7) is 1.62. The third kappa shape index (κ3) is 1.83. The van der Waals surface area contributed by atoms with E-state index in [4.69, 9.17) is 0 Å². The molecule has 1 atom stereocenters. The number of hydrogen-bond acceptors (Lipinski definition) is 2. The summed E-state index contributed by atoms with van der Waals surface area (Å²) in [4.78, 5) is 12.6. The van der Waals surface area contributed by atoms with Gasteiger partial charge in [-0.15, -0.1) is 0 Å². The Bertz CT molecular complexity index is 143. The zero-order chi connectivity index (χ0) is 8.27. The zero-order valence-electron chi connectivity index (χ0n) is 6.91. The Kier molecular flexibility index (Phi) is 2.70. The lowest BCUT2D eigenvalue weighted by atomic mass is 10.2. The first kappa shape index (κ1) is 8.33. The number of methoxy groups -OCH3 is 1. The minimum atomic E-state index is -0.271. The molecule has 1 saturated heterocycles. The van der Waals surface area contributed by atoms with Crippen LogP contribution in [0.2, 0.25) is 0 Å². The van der Waals surface area contributed by atoms with Crippen LogP contribution in [-0.2, 0) is 4.74 Å². The van der Waals surface area contributed by atoms with Crippen molar-refractivity contribution in [3.63, 3.8) is 0 Å². The highest BCUT2D eigenvalue weighted by Crippen LogP contribution is 2.07. The van der Waals surface area contributed by atoms with Crippen molar-refractivity contribution in [1.82, 2.24) is 10.2 Å². The minimum Gasteiger partial charge on any atom is -0.453 e. The van der Waals surface area contributed by atoms with E-state index in [0.29, 0.717) is 0 Å². The molecule has 1 aliphatic heterocycles. The molecule has 1 fully saturated rings. The number of carbonyl (C=O) groups is 1. The number of likely N-dealkylation sites (N-methyl/N-ethyl adjacent to an activating group) is 1. The number of nitrogens with zero attached hydrogens (tertiary/aromatic N) is 2. The smallest absolute Gasteiger partial charge is 0.409 e. The van der Waals surface area contributed by atoms with E-state index in [1.54, 1.807) is 11.9 Å². The van der Waals surface area contributed by atoms with E-state index in [-0.39, 0.29) is 12.1 Å². The van der Waals surface area contributed by atoms with Gasteiger partial charge in [0, 0.05) is 20.1 Å². The van der Waals surface area contributed by atoms with Gasteiger partial charge in [-0.2, -0.15) is 0 Å². The molecule has 1 heterocycles. The highest BCUT2D eigenvalue weighted by molar-refractivity contribution is 5.67. The number of ether oxygens (including phenoxy) is 1. The first-order chi connectivity index (χ1) is 5.25. The Labute approximate surface area is 66.5 Å². The van der Waals surface area contributed by atoms with Crippen LogP contribution in [0.25, 0.3) is 0 Å². The summed E-state index contributed by atoms with van der Waals surface area (Å²) in [6, 6.07) is 0.252. The minimum absolute atomic E-state index is 0.252. The third-order valence-electron chi connectivity index (χ3n) is 1.97. The Morgan fingerprint density at radius 3 is 2.91 bits per heavy atom. The van der Waals surface area contributed by atoms with E-state index in [0.717, 1.165) is 19.5 Å². The molecule has 0 aromatic heterocycles. The van der Waals surface area contributed by atoms with Crippen LogP contribution in [0, 0.1) is 0 Å². The van der Waals surface area contributed by atoms with Crippen molar-refractivity contribution in [3.8, 4) is 0 Å². The molecule has 0 saturated carbocycles. The molecule has 0 spiro atoms. The molecular weight excluding hydrogens is 144 g/mol. The summed E-state index contributed by atoms with van der Waals surface area (Å²) < 4.78 is 4.57. The molecule has 0 aliphatic carbocycles. The van der Waals surface area contributed by atoms with Crippen LogP contribution in [0.4, 0.5) is 4.79 Å². The quantitative estimate of drug-likeness (QED) is 0.540. The predicted molar refractivity (Wildman–Crippen MR) is 40.4 cm³/mol. The fourth-order valence-electron chi connectivity index (χ4n) is 1.18. The van der Waals surface area contributed by atoms with Crippen LogP contribution in [-0.4, -0.2) is 44.3 Å². The molecule has 1 aliphatic rings. The molecule has 11 heavy (non-hydrogen) atoms. The molecule has 0 aromatic carbocycles. The average Bonchev–Trinajstić information content (AvgIpc) is 2.53. The molecule has 4 heteroatoms. The lowest BCUT2D eigenvalue weighted by Crippen LogP contribution is -2.37. The monoisotopic (exact) mass is 157 g/mol. The summed E-state index contributed by atoms with van der Waals surface area (Å²) in [7, 11) is 3.14. The lowest BCUT2D eigenvalue weighted by molar-refractivity contribution is 0.120. The Morgan fingerprint density at radius 1 is 1.73 bits per heavy atom. The van der Waals surface area contributed by atoms with Gasteiger partial charge < -0.3 is 9.64 Å². The maximum absolute atomic E-state index is 11.0. The van der Waals surface area contributed by atoms with Gasteiger partial charge in [0.15, 0.2) is 0 Å². The maximum atomic E-state index is 11.0. The largest absolute Gasteiger partial charge is 0.453 e. The number of amides is 1. The van der Waals surface area contributed by atoms with Gasteiger partial charge in [0.05, 0.1) is 13.2 Å². The van der Waals surface area contributed by atoms with Gasteiger partial charge in [0.25, 0.3) is 0 Å². The number of carbonyl (C=O) groups excluding carboxylic acids is 1. The predicted octanol–water partition coefficient (Wildman–Crippen LogP) is 0.0613. The second-order valence-corrected chi connectivity index (χ2v) is 2.65. The van der Waals surface area contributed by atoms with E-state index in [1.807, 2.05) is 0 Å². The van der Waals surface area contributed by atoms with Gasteiger partial charge in [0.1, 0.15) is 0 Å². The van der Waals surface area contributed by atoms with Crippen LogP contribution < -0.4 is 5.32 Å². The van der Waals surface area contributed by atoms with Gasteiger partial charge in [-0.05, 0) is 6.42 Å². The first-order valence-corrected chi connectivity index (χ1v) is 3.69. The molecule has 0 aromatic rings. The second kappa shape index (κ2) is 3.57. The fourth-order valence-corrected chi connectivity index (χ4v) is 1.18. The summed E-state index contributed by atoms with van der Waals surface area (Å²) in [6.07, 6.45) is 0.693. The topological polar surface area (TPSA) is 43.6 Å². The highest BCUT2D eigenvalue weighted by atomic mass is 16.5. The summed E-state index contributed by atoms with van der Waals surface area (Å²) in [5, 5.41) is 4.15. The van der Waals surface area contributed by atoms with E-state index < -0.39 is 0 Å². The molecule has 4 nitrogen and oxygen atoms in total. The third-order valence-corrected chi connectivity index (χ3v) is 1.97. The van der Waals surface area contributed by atoms with Crippen LogP contribution >= 0.6 is 0 Å². The van der Waals surface area contributed by atoms with Crippen LogP contribution in [0.5, 0.6) is 0 Å². The van der Waals surface area contributed by atoms with E-state index in [9.17, 15) is 4.79 Å². The van der Waals surface area contributed by atoms with Crippen LogP contribution in [0.3, 0.4) is 0 Å². The maximum Gasteiger partial charge on any atom is 0.409 e. The van der Waals surface area contributed by atoms with Gasteiger partial charge >= 0.3 is 6.09 Å². The Morgan fingerprint density at radius 2 is 2.45 bits per heavy atom. The molecule has 0 bridgehead atoms. The molecular formula is C7H13N2O2. The van der Waals surface area contributed by atoms with Gasteiger partial charge in [-0.1, -0.05) is 0 Å². The van der Waals surface area contributed by atoms with Crippen molar-refractivity contribution in [2.45, 2.75) is 12.5 Å². The van der Waals surface area contributed by atoms with Gasteiger partial charge in [0.2, 0.25) is 0 Å².